The number of para-hydroxylation sites is 1. The molecule has 2 heterocycles. The highest BCUT2D eigenvalue weighted by Gasteiger charge is 2.32. The second kappa shape index (κ2) is 9.37. The van der Waals surface area contributed by atoms with E-state index in [-0.39, 0.29) is 17.7 Å². The first-order valence-corrected chi connectivity index (χ1v) is 11.8. The molecule has 0 bridgehead atoms. The van der Waals surface area contributed by atoms with Gasteiger partial charge in [0.2, 0.25) is 5.91 Å². The molecule has 162 valence electrons. The SMILES string of the molecule is CC(C)C(NC(=O)c1nc2ccccc2s1)C(=O)N1CCC(c2ccc(Cl)cc2)CC1. The molecule has 5 nitrogen and oxygen atoms in total. The van der Waals surface area contributed by atoms with Crippen molar-refractivity contribution in [1.82, 2.24) is 15.2 Å². The number of likely N-dealkylation sites (tertiary alicyclic amines) is 1. The van der Waals surface area contributed by atoms with Crippen LogP contribution < -0.4 is 5.32 Å². The van der Waals surface area contributed by atoms with Crippen LogP contribution in [-0.4, -0.2) is 40.8 Å². The maximum absolute atomic E-state index is 13.2. The minimum absolute atomic E-state index is 0.0141. The Labute approximate surface area is 191 Å². The molecule has 1 aromatic heterocycles. The summed E-state index contributed by atoms with van der Waals surface area (Å²) >= 11 is 7.35. The number of nitrogens with one attached hydrogen (secondary N) is 1. The van der Waals surface area contributed by atoms with Gasteiger partial charge in [0.1, 0.15) is 6.04 Å². The van der Waals surface area contributed by atoms with E-state index in [1.54, 1.807) is 0 Å². The van der Waals surface area contributed by atoms with Crippen LogP contribution in [0.3, 0.4) is 0 Å². The number of nitrogens with zero attached hydrogens (tertiary/aromatic N) is 2. The van der Waals surface area contributed by atoms with E-state index in [1.807, 2.05) is 55.1 Å². The standard InChI is InChI=1S/C24H26ClN3O2S/c1-15(2)21(27-22(29)23-26-19-5-3-4-6-20(19)31-23)24(30)28-13-11-17(12-14-28)16-7-9-18(25)10-8-16/h3-10,15,17,21H,11-14H2,1-2H3,(H,27,29). The molecule has 1 N–H and O–H groups in total. The largest absolute Gasteiger partial charge is 0.341 e. The molecule has 3 aromatic rings. The van der Waals surface area contributed by atoms with Gasteiger partial charge in [0.05, 0.1) is 10.2 Å². The minimum Gasteiger partial charge on any atom is -0.341 e. The van der Waals surface area contributed by atoms with Crippen molar-refractivity contribution < 1.29 is 9.59 Å². The van der Waals surface area contributed by atoms with Crippen molar-refractivity contribution in [3.8, 4) is 0 Å². The Morgan fingerprint density at radius 2 is 1.77 bits per heavy atom. The molecular weight excluding hydrogens is 430 g/mol. The van der Waals surface area contributed by atoms with Gasteiger partial charge in [0, 0.05) is 18.1 Å². The highest BCUT2D eigenvalue weighted by molar-refractivity contribution is 7.20. The zero-order chi connectivity index (χ0) is 22.0. The van der Waals surface area contributed by atoms with E-state index in [1.165, 1.54) is 16.9 Å². The van der Waals surface area contributed by atoms with Gasteiger partial charge in [0.25, 0.3) is 5.91 Å². The molecule has 1 aliphatic rings. The Morgan fingerprint density at radius 1 is 1.10 bits per heavy atom. The van der Waals surface area contributed by atoms with Gasteiger partial charge in [-0.15, -0.1) is 11.3 Å². The average Bonchev–Trinajstić information content (AvgIpc) is 3.22. The second-order valence-electron chi connectivity index (χ2n) is 8.33. The summed E-state index contributed by atoms with van der Waals surface area (Å²) in [6, 6.07) is 15.1. The molecule has 1 saturated heterocycles. The summed E-state index contributed by atoms with van der Waals surface area (Å²) < 4.78 is 0.962. The Bertz CT molecular complexity index is 1040. The summed E-state index contributed by atoms with van der Waals surface area (Å²) in [6.45, 7) is 5.29. The molecule has 0 spiro atoms. The Hall–Kier alpha value is -2.44. The van der Waals surface area contributed by atoms with Gasteiger partial charge in [0.15, 0.2) is 5.01 Å². The van der Waals surface area contributed by atoms with Crippen LogP contribution in [0.4, 0.5) is 0 Å². The zero-order valence-corrected chi connectivity index (χ0v) is 19.2. The van der Waals surface area contributed by atoms with Gasteiger partial charge in [-0.3, -0.25) is 9.59 Å². The molecular formula is C24H26ClN3O2S. The second-order valence-corrected chi connectivity index (χ2v) is 9.80. The number of carbonyl (C=O) groups is 2. The van der Waals surface area contributed by atoms with Gasteiger partial charge in [-0.05, 0) is 54.5 Å². The first-order chi connectivity index (χ1) is 14.9. The van der Waals surface area contributed by atoms with Crippen molar-refractivity contribution in [1.29, 1.82) is 0 Å². The van der Waals surface area contributed by atoms with E-state index >= 15 is 0 Å². The monoisotopic (exact) mass is 455 g/mol. The summed E-state index contributed by atoms with van der Waals surface area (Å²) in [6.07, 6.45) is 1.81. The van der Waals surface area contributed by atoms with Crippen molar-refractivity contribution in [3.05, 3.63) is 64.1 Å². The van der Waals surface area contributed by atoms with Gasteiger partial charge in [-0.1, -0.05) is 49.7 Å². The fourth-order valence-corrected chi connectivity index (χ4v) is 5.05. The predicted molar refractivity (Wildman–Crippen MR) is 126 cm³/mol. The average molecular weight is 456 g/mol. The molecule has 7 heteroatoms. The van der Waals surface area contributed by atoms with E-state index in [9.17, 15) is 9.59 Å². The van der Waals surface area contributed by atoms with Gasteiger partial charge in [-0.2, -0.15) is 0 Å². The van der Waals surface area contributed by atoms with E-state index in [0.29, 0.717) is 24.0 Å². The Balaban J connectivity index is 1.40. The van der Waals surface area contributed by atoms with Crippen LogP contribution in [0.1, 0.15) is 48.0 Å². The lowest BCUT2D eigenvalue weighted by Gasteiger charge is -2.35. The third-order valence-corrected chi connectivity index (χ3v) is 7.14. The maximum atomic E-state index is 13.2. The number of rotatable bonds is 5. The van der Waals surface area contributed by atoms with E-state index in [4.69, 9.17) is 11.6 Å². The van der Waals surface area contributed by atoms with E-state index in [0.717, 1.165) is 28.1 Å². The number of aromatic nitrogens is 1. The summed E-state index contributed by atoms with van der Waals surface area (Å²) in [4.78, 5) is 32.4. The fourth-order valence-electron chi connectivity index (χ4n) is 4.05. The number of amides is 2. The number of piperidine rings is 1. The summed E-state index contributed by atoms with van der Waals surface area (Å²) in [7, 11) is 0. The molecule has 1 aliphatic heterocycles. The third kappa shape index (κ3) is 4.91. The molecule has 1 fully saturated rings. The van der Waals surface area contributed by atoms with Crippen molar-refractivity contribution in [2.45, 2.75) is 38.6 Å². The number of hydrogen-bond acceptors (Lipinski definition) is 4. The lowest BCUT2D eigenvalue weighted by atomic mass is 9.89. The zero-order valence-electron chi connectivity index (χ0n) is 17.7. The van der Waals surface area contributed by atoms with Crippen LogP contribution in [0.25, 0.3) is 10.2 Å². The van der Waals surface area contributed by atoms with Gasteiger partial charge < -0.3 is 10.2 Å². The fraction of sp³-hybridized carbons (Fsp3) is 0.375. The summed E-state index contributed by atoms with van der Waals surface area (Å²) in [5.74, 6) is 0.110. The van der Waals surface area contributed by atoms with Crippen molar-refractivity contribution in [3.63, 3.8) is 0 Å². The number of fused-ring (bicyclic) bond motifs is 1. The number of benzene rings is 2. The normalized spacial score (nSPS) is 15.9. The molecule has 0 radical (unpaired) electrons. The maximum Gasteiger partial charge on any atom is 0.280 e. The summed E-state index contributed by atoms with van der Waals surface area (Å²) in [5, 5.41) is 4.07. The van der Waals surface area contributed by atoms with Crippen LogP contribution in [-0.2, 0) is 4.79 Å². The first-order valence-electron chi connectivity index (χ1n) is 10.6. The van der Waals surface area contributed by atoms with Crippen LogP contribution in [0, 0.1) is 5.92 Å². The molecule has 2 amide bonds. The molecule has 1 unspecified atom stereocenters. The van der Waals surface area contributed by atoms with Crippen LogP contribution in [0.2, 0.25) is 5.02 Å². The lowest BCUT2D eigenvalue weighted by Crippen LogP contribution is -2.52. The van der Waals surface area contributed by atoms with Crippen molar-refractivity contribution in [2.75, 3.05) is 13.1 Å². The number of thiazole rings is 1. The van der Waals surface area contributed by atoms with Crippen LogP contribution in [0.5, 0.6) is 0 Å². The van der Waals surface area contributed by atoms with Crippen molar-refractivity contribution in [2.24, 2.45) is 5.92 Å². The molecule has 4 rings (SSSR count). The number of hydrogen-bond donors (Lipinski definition) is 1. The van der Waals surface area contributed by atoms with Gasteiger partial charge >= 0.3 is 0 Å². The van der Waals surface area contributed by atoms with Crippen molar-refractivity contribution >= 4 is 45.0 Å². The molecule has 31 heavy (non-hydrogen) atoms. The first kappa shape index (κ1) is 21.8. The smallest absolute Gasteiger partial charge is 0.280 e. The van der Waals surface area contributed by atoms with Crippen LogP contribution >= 0.6 is 22.9 Å². The number of halogens is 1. The van der Waals surface area contributed by atoms with E-state index < -0.39 is 6.04 Å². The molecule has 1 atom stereocenters. The lowest BCUT2D eigenvalue weighted by molar-refractivity contribution is -0.135. The molecule has 0 aliphatic carbocycles. The minimum atomic E-state index is -0.563. The van der Waals surface area contributed by atoms with E-state index in [2.05, 4.69) is 22.4 Å². The Kier molecular flexibility index (Phi) is 6.58. The van der Waals surface area contributed by atoms with Crippen LogP contribution in [0.15, 0.2) is 48.5 Å². The van der Waals surface area contributed by atoms with Gasteiger partial charge in [-0.25, -0.2) is 4.98 Å². The number of carbonyl (C=O) groups excluding carboxylic acids is 2. The molecule has 0 saturated carbocycles. The molecule has 2 aromatic carbocycles. The topological polar surface area (TPSA) is 62.3 Å². The quantitative estimate of drug-likeness (QED) is 0.581. The highest BCUT2D eigenvalue weighted by Crippen LogP contribution is 2.29. The Morgan fingerprint density at radius 3 is 2.42 bits per heavy atom. The predicted octanol–water partition coefficient (Wildman–Crippen LogP) is 5.11. The highest BCUT2D eigenvalue weighted by atomic mass is 35.5. The summed E-state index contributed by atoms with van der Waals surface area (Å²) in [5.41, 5.74) is 2.07. The third-order valence-electron chi connectivity index (χ3n) is 5.86.